The normalized spacial score (nSPS) is 4.86. The maximum absolute atomic E-state index is 9.36. The molecule has 0 aromatic carbocycles. The highest BCUT2D eigenvalue weighted by Gasteiger charge is 1.66. The first-order valence-electron chi connectivity index (χ1n) is 1.35. The minimum absolute atomic E-state index is 0.0208. The standard InChI is InChI=1S/C2H3BrO.CHNS/c1-2(3)4;2-1-3/h1H3;2H. The summed E-state index contributed by atoms with van der Waals surface area (Å²) in [6.45, 7) is 1.44. The summed E-state index contributed by atoms with van der Waals surface area (Å²) in [5.41, 5.74) is 0. The van der Waals surface area contributed by atoms with Crippen molar-refractivity contribution in [3.8, 4) is 0 Å². The molecule has 0 saturated heterocycles. The van der Waals surface area contributed by atoms with E-state index in [9.17, 15) is 4.79 Å². The molecule has 0 aromatic rings. The molecule has 4 heteroatoms. The van der Waals surface area contributed by atoms with Crippen LogP contribution in [-0.2, 0) is 4.79 Å². The van der Waals surface area contributed by atoms with E-state index in [-0.39, 0.29) is 4.69 Å². The highest BCUT2D eigenvalue weighted by molar-refractivity contribution is 9.18. The Bertz CT molecular complexity index is 82.9. The van der Waals surface area contributed by atoms with Crippen molar-refractivity contribution in [3.05, 3.63) is 0 Å². The molecular weight excluding hydrogens is 178 g/mol. The molecule has 0 saturated carbocycles. The topological polar surface area (TPSA) is 40.9 Å². The van der Waals surface area contributed by atoms with Crippen LogP contribution < -0.4 is 0 Å². The number of nitrogens with one attached hydrogen (secondary N) is 1. The molecule has 7 heavy (non-hydrogen) atoms. The van der Waals surface area contributed by atoms with E-state index in [0.717, 1.165) is 0 Å². The van der Waals surface area contributed by atoms with Gasteiger partial charge in [0, 0.05) is 6.92 Å². The smallest absolute Gasteiger partial charge is 0.194 e. The van der Waals surface area contributed by atoms with Crippen LogP contribution >= 0.6 is 28.1 Å². The molecule has 0 rings (SSSR count). The van der Waals surface area contributed by atoms with E-state index in [4.69, 9.17) is 5.41 Å². The molecule has 0 radical (unpaired) electrons. The predicted molar refractivity (Wildman–Crippen MR) is 34.9 cm³/mol. The van der Waals surface area contributed by atoms with Gasteiger partial charge < -0.3 is 0 Å². The third-order valence-electron chi connectivity index (χ3n) is 0. The number of hydrogen-bond acceptors (Lipinski definition) is 3. The second-order valence-corrected chi connectivity index (χ2v) is 1.89. The average Bonchev–Trinajstić information content (AvgIpc) is 1.33. The van der Waals surface area contributed by atoms with Crippen LogP contribution in [0.2, 0.25) is 0 Å². The lowest BCUT2D eigenvalue weighted by Gasteiger charge is -1.52. The van der Waals surface area contributed by atoms with Crippen LogP contribution in [0.3, 0.4) is 0 Å². The summed E-state index contributed by atoms with van der Waals surface area (Å²) in [4.78, 5) is 9.36. The van der Waals surface area contributed by atoms with Crippen molar-refractivity contribution in [2.24, 2.45) is 0 Å². The summed E-state index contributed by atoms with van der Waals surface area (Å²) in [6, 6.07) is 0. The minimum atomic E-state index is -0.0208. The first kappa shape index (κ1) is 10.0. The van der Waals surface area contributed by atoms with E-state index in [2.05, 4.69) is 28.1 Å². The number of isothiocyanates is 1. The third-order valence-corrected chi connectivity index (χ3v) is 0. The molecule has 40 valence electrons. The molecule has 0 aliphatic heterocycles. The summed E-state index contributed by atoms with van der Waals surface area (Å²) >= 11 is 6.44. The minimum Gasteiger partial charge on any atom is -0.287 e. The molecule has 0 aliphatic carbocycles. The molecule has 1 N–H and O–H groups in total. The number of rotatable bonds is 0. The number of carbonyl (C=O) groups excluding carboxylic acids is 1. The summed E-state index contributed by atoms with van der Waals surface area (Å²) in [5.74, 6) is 0. The van der Waals surface area contributed by atoms with Crippen LogP contribution in [0, 0.1) is 5.41 Å². The van der Waals surface area contributed by atoms with Gasteiger partial charge in [-0.25, -0.2) is 5.41 Å². The van der Waals surface area contributed by atoms with Crippen molar-refractivity contribution < 1.29 is 4.79 Å². The van der Waals surface area contributed by atoms with Gasteiger partial charge in [0.2, 0.25) is 0 Å². The predicted octanol–water partition coefficient (Wildman–Crippen LogP) is 1.60. The Balaban J connectivity index is 0. The van der Waals surface area contributed by atoms with Gasteiger partial charge in [0.05, 0.1) is 5.16 Å². The van der Waals surface area contributed by atoms with Gasteiger partial charge in [-0.05, 0) is 28.1 Å². The summed E-state index contributed by atoms with van der Waals surface area (Å²) in [5, 5.41) is 7.36. The quantitative estimate of drug-likeness (QED) is 0.351. The van der Waals surface area contributed by atoms with E-state index in [1.807, 2.05) is 0 Å². The fourth-order valence-corrected chi connectivity index (χ4v) is 0. The lowest BCUT2D eigenvalue weighted by atomic mass is 11.0. The summed E-state index contributed by atoms with van der Waals surface area (Å²) < 4.78 is -0.0208. The SMILES string of the molecule is CC(=O)Br.N=C=S. The Morgan fingerprint density at radius 3 is 2.00 bits per heavy atom. The van der Waals surface area contributed by atoms with Gasteiger partial charge in [0.1, 0.15) is 0 Å². The highest BCUT2D eigenvalue weighted by Crippen LogP contribution is 1.74. The molecule has 0 unspecified atom stereocenters. The Morgan fingerprint density at radius 2 is 2.00 bits per heavy atom. The molecule has 0 fully saturated rings. The lowest BCUT2D eigenvalue weighted by molar-refractivity contribution is -0.108. The van der Waals surface area contributed by atoms with Gasteiger partial charge in [0.15, 0.2) is 4.69 Å². The van der Waals surface area contributed by atoms with Crippen LogP contribution in [0.15, 0.2) is 0 Å². The van der Waals surface area contributed by atoms with Crippen LogP contribution in [0.1, 0.15) is 6.92 Å². The van der Waals surface area contributed by atoms with Crippen LogP contribution in [-0.4, -0.2) is 9.85 Å². The number of thiocarbonyl (C=S) groups is 1. The monoisotopic (exact) mass is 181 g/mol. The summed E-state index contributed by atoms with van der Waals surface area (Å²) in [6.07, 6.45) is 0. The Kier molecular flexibility index (Phi) is 13.4. The molecule has 0 bridgehead atoms. The lowest BCUT2D eigenvalue weighted by Crippen LogP contribution is -1.60. The largest absolute Gasteiger partial charge is 0.287 e. The van der Waals surface area contributed by atoms with Gasteiger partial charge in [-0.2, -0.15) is 0 Å². The molecule has 0 heterocycles. The van der Waals surface area contributed by atoms with E-state index in [1.54, 1.807) is 5.16 Å². The van der Waals surface area contributed by atoms with Crippen molar-refractivity contribution in [3.63, 3.8) is 0 Å². The molecule has 0 amide bonds. The van der Waals surface area contributed by atoms with Gasteiger partial charge >= 0.3 is 0 Å². The van der Waals surface area contributed by atoms with Gasteiger partial charge in [0.25, 0.3) is 0 Å². The molecule has 2 nitrogen and oxygen atoms in total. The first-order chi connectivity index (χ1) is 3.15. The Labute approximate surface area is 55.5 Å². The Morgan fingerprint density at radius 1 is 2.00 bits per heavy atom. The van der Waals surface area contributed by atoms with Crippen molar-refractivity contribution in [1.29, 1.82) is 5.41 Å². The van der Waals surface area contributed by atoms with Gasteiger partial charge in [-0.1, -0.05) is 0 Å². The number of carbonyl (C=O) groups is 1. The number of halogens is 1. The zero-order chi connectivity index (χ0) is 6.28. The van der Waals surface area contributed by atoms with Crippen LogP contribution in [0.25, 0.3) is 0 Å². The fraction of sp³-hybridized carbons (Fsp3) is 0.333. The average molecular weight is 182 g/mol. The van der Waals surface area contributed by atoms with Crippen LogP contribution in [0.5, 0.6) is 0 Å². The molecule has 0 spiro atoms. The van der Waals surface area contributed by atoms with Crippen molar-refractivity contribution in [2.45, 2.75) is 6.92 Å². The first-order valence-corrected chi connectivity index (χ1v) is 2.55. The zero-order valence-corrected chi connectivity index (χ0v) is 6.10. The molecule has 0 aromatic heterocycles. The number of hydrogen-bond donors (Lipinski definition) is 1. The van der Waals surface area contributed by atoms with Gasteiger partial charge in [-0.3, -0.25) is 4.79 Å². The second-order valence-electron chi connectivity index (χ2n) is 0.572. The van der Waals surface area contributed by atoms with E-state index in [1.165, 1.54) is 6.92 Å². The molecule has 0 atom stereocenters. The summed E-state index contributed by atoms with van der Waals surface area (Å²) in [7, 11) is 0. The maximum atomic E-state index is 9.36. The molecule has 0 aliphatic rings. The third kappa shape index (κ3) is 37100. The Hall–Kier alpha value is -0.0500. The van der Waals surface area contributed by atoms with E-state index in [0.29, 0.717) is 0 Å². The van der Waals surface area contributed by atoms with Crippen LogP contribution in [0.4, 0.5) is 0 Å². The maximum Gasteiger partial charge on any atom is 0.194 e. The van der Waals surface area contributed by atoms with E-state index >= 15 is 0 Å². The molecular formula is C3H4BrNOS. The van der Waals surface area contributed by atoms with Crippen molar-refractivity contribution in [1.82, 2.24) is 0 Å². The fourth-order valence-electron chi connectivity index (χ4n) is 0. The van der Waals surface area contributed by atoms with Gasteiger partial charge in [-0.15, -0.1) is 0 Å². The zero-order valence-electron chi connectivity index (χ0n) is 3.69. The van der Waals surface area contributed by atoms with Crippen molar-refractivity contribution in [2.75, 3.05) is 0 Å². The highest BCUT2D eigenvalue weighted by atomic mass is 79.9. The van der Waals surface area contributed by atoms with Crippen molar-refractivity contribution >= 4 is 38.0 Å². The van der Waals surface area contributed by atoms with E-state index < -0.39 is 0 Å². The second kappa shape index (κ2) is 9.34.